The quantitative estimate of drug-likeness (QED) is 0.843. The van der Waals surface area contributed by atoms with Gasteiger partial charge in [-0.2, -0.15) is 0 Å². The van der Waals surface area contributed by atoms with Crippen LogP contribution in [0.4, 0.5) is 0 Å². The molecule has 144 valence electrons. The molecule has 4 heterocycles. The first-order valence-corrected chi connectivity index (χ1v) is 10.6. The Kier molecular flexibility index (Phi) is 5.31. The van der Waals surface area contributed by atoms with Gasteiger partial charge in [0.1, 0.15) is 6.04 Å². The minimum Gasteiger partial charge on any atom is -0.350 e. The van der Waals surface area contributed by atoms with Gasteiger partial charge in [0.2, 0.25) is 0 Å². The third-order valence-electron chi connectivity index (χ3n) is 5.85. The Morgan fingerprint density at radius 2 is 1.93 bits per heavy atom. The van der Waals surface area contributed by atoms with Gasteiger partial charge in [-0.1, -0.05) is 6.07 Å². The normalized spacial score (nSPS) is 23.0. The lowest BCUT2D eigenvalue weighted by molar-refractivity contribution is -0.911. The highest BCUT2D eigenvalue weighted by Gasteiger charge is 2.35. The van der Waals surface area contributed by atoms with Gasteiger partial charge in [-0.25, -0.2) is 0 Å². The molecule has 2 fully saturated rings. The van der Waals surface area contributed by atoms with Gasteiger partial charge in [-0.05, 0) is 23.6 Å². The summed E-state index contributed by atoms with van der Waals surface area (Å²) < 4.78 is 2.18. The number of rotatable bonds is 4. The molecule has 2 atom stereocenters. The predicted octanol–water partition coefficient (Wildman–Crippen LogP) is 0.791. The summed E-state index contributed by atoms with van der Waals surface area (Å²) in [4.78, 5) is 31.3. The van der Waals surface area contributed by atoms with E-state index in [4.69, 9.17) is 0 Å². The first-order chi connectivity index (χ1) is 13.1. The molecular formula is C20H27N4O2S+. The molecule has 1 N–H and O–H groups in total. The van der Waals surface area contributed by atoms with Crippen molar-refractivity contribution in [2.75, 3.05) is 39.3 Å². The summed E-state index contributed by atoms with van der Waals surface area (Å²) in [5, 5.41) is 1.93. The maximum absolute atomic E-state index is 12.9. The van der Waals surface area contributed by atoms with Crippen molar-refractivity contribution >= 4 is 23.2 Å². The minimum atomic E-state index is 0.0889. The fourth-order valence-electron chi connectivity index (χ4n) is 4.34. The zero-order valence-corrected chi connectivity index (χ0v) is 16.6. The Morgan fingerprint density at radius 3 is 2.59 bits per heavy atom. The summed E-state index contributed by atoms with van der Waals surface area (Å²) >= 11 is 1.48. The van der Waals surface area contributed by atoms with E-state index in [-0.39, 0.29) is 11.8 Å². The molecular weight excluding hydrogens is 360 g/mol. The molecule has 0 aromatic carbocycles. The van der Waals surface area contributed by atoms with Crippen LogP contribution in [-0.2, 0) is 11.8 Å². The molecule has 0 bridgehead atoms. The summed E-state index contributed by atoms with van der Waals surface area (Å²) in [6.45, 7) is 4.13. The van der Waals surface area contributed by atoms with Crippen molar-refractivity contribution in [1.82, 2.24) is 14.4 Å². The number of carbonyl (C=O) groups is 2. The van der Waals surface area contributed by atoms with E-state index in [1.54, 1.807) is 0 Å². The third-order valence-corrected chi connectivity index (χ3v) is 6.71. The van der Waals surface area contributed by atoms with Gasteiger partial charge in [-0.3, -0.25) is 9.59 Å². The van der Waals surface area contributed by atoms with E-state index in [0.29, 0.717) is 38.8 Å². The molecule has 2 amide bonds. The fraction of sp³-hybridized carbons (Fsp3) is 0.500. The molecule has 0 saturated carbocycles. The highest BCUT2D eigenvalue weighted by Crippen LogP contribution is 2.19. The number of carbonyl (C=O) groups excluding carboxylic acids is 2. The van der Waals surface area contributed by atoms with Gasteiger partial charge in [-0.15, -0.1) is 11.3 Å². The number of hydrogen-bond acceptors (Lipinski definition) is 3. The summed E-state index contributed by atoms with van der Waals surface area (Å²) in [6, 6.07) is 8.44. The lowest BCUT2D eigenvalue weighted by atomic mass is 10.1. The number of likely N-dealkylation sites (tertiary alicyclic amines) is 1. The van der Waals surface area contributed by atoms with Gasteiger partial charge in [0, 0.05) is 52.3 Å². The first-order valence-electron chi connectivity index (χ1n) is 9.70. The van der Waals surface area contributed by atoms with Crippen LogP contribution in [0.5, 0.6) is 0 Å². The molecule has 2 aliphatic heterocycles. The average Bonchev–Trinajstić information content (AvgIpc) is 3.43. The van der Waals surface area contributed by atoms with Crippen LogP contribution in [0, 0.1) is 0 Å². The molecule has 0 radical (unpaired) electrons. The number of quaternary nitrogens is 1. The largest absolute Gasteiger partial charge is 0.350 e. The Bertz CT molecular complexity index is 793. The van der Waals surface area contributed by atoms with Gasteiger partial charge in [0.05, 0.1) is 17.1 Å². The minimum absolute atomic E-state index is 0.0889. The number of amides is 2. The highest BCUT2D eigenvalue weighted by molar-refractivity contribution is 7.12. The van der Waals surface area contributed by atoms with Crippen LogP contribution >= 0.6 is 11.3 Å². The Balaban J connectivity index is 1.32. The molecule has 7 heteroatoms. The summed E-state index contributed by atoms with van der Waals surface area (Å²) in [5.74, 6) is 0.306. The number of aryl methyl sites for hydroxylation is 1. The lowest BCUT2D eigenvalue weighted by Crippen LogP contribution is -3.11. The predicted molar refractivity (Wildman–Crippen MR) is 105 cm³/mol. The molecule has 2 aromatic heterocycles. The molecule has 0 spiro atoms. The molecule has 1 unspecified atom stereocenters. The van der Waals surface area contributed by atoms with Crippen LogP contribution < -0.4 is 4.90 Å². The second-order valence-electron chi connectivity index (χ2n) is 7.47. The molecule has 0 aliphatic carbocycles. The van der Waals surface area contributed by atoms with E-state index in [9.17, 15) is 9.59 Å². The zero-order valence-electron chi connectivity index (χ0n) is 15.8. The molecule has 27 heavy (non-hydrogen) atoms. The van der Waals surface area contributed by atoms with Gasteiger partial charge >= 0.3 is 0 Å². The van der Waals surface area contributed by atoms with E-state index < -0.39 is 0 Å². The van der Waals surface area contributed by atoms with E-state index >= 15 is 0 Å². The highest BCUT2D eigenvalue weighted by atomic mass is 32.1. The summed E-state index contributed by atoms with van der Waals surface area (Å²) in [7, 11) is 2.08. The van der Waals surface area contributed by atoms with Crippen molar-refractivity contribution in [3.05, 3.63) is 46.4 Å². The number of nitrogens with one attached hydrogen (secondary N) is 1. The number of aromatic nitrogens is 1. The van der Waals surface area contributed by atoms with Crippen LogP contribution in [0.3, 0.4) is 0 Å². The topological polar surface area (TPSA) is 50.0 Å². The summed E-state index contributed by atoms with van der Waals surface area (Å²) in [6.07, 6.45) is 4.39. The molecule has 2 aromatic rings. The van der Waals surface area contributed by atoms with Crippen LogP contribution in [0.1, 0.15) is 34.2 Å². The van der Waals surface area contributed by atoms with Crippen molar-refractivity contribution in [2.24, 2.45) is 7.05 Å². The first kappa shape index (κ1) is 18.3. The van der Waals surface area contributed by atoms with Crippen molar-refractivity contribution in [3.63, 3.8) is 0 Å². The second-order valence-corrected chi connectivity index (χ2v) is 8.42. The van der Waals surface area contributed by atoms with Crippen LogP contribution in [0.2, 0.25) is 0 Å². The van der Waals surface area contributed by atoms with Crippen molar-refractivity contribution in [2.45, 2.75) is 18.9 Å². The Morgan fingerprint density at radius 1 is 1.15 bits per heavy atom. The van der Waals surface area contributed by atoms with E-state index in [2.05, 4.69) is 29.9 Å². The monoisotopic (exact) mass is 387 g/mol. The van der Waals surface area contributed by atoms with E-state index in [0.717, 1.165) is 17.8 Å². The number of piperazine rings is 1. The van der Waals surface area contributed by atoms with E-state index in [1.165, 1.54) is 28.4 Å². The van der Waals surface area contributed by atoms with Gasteiger partial charge in [0.25, 0.3) is 11.8 Å². The van der Waals surface area contributed by atoms with Crippen LogP contribution in [0.25, 0.3) is 0 Å². The van der Waals surface area contributed by atoms with Crippen molar-refractivity contribution < 1.29 is 14.5 Å². The number of nitrogens with zero attached hydrogens (tertiary/aromatic N) is 3. The van der Waals surface area contributed by atoms with Gasteiger partial charge in [0.15, 0.2) is 6.54 Å². The van der Waals surface area contributed by atoms with Crippen LogP contribution in [0.15, 0.2) is 35.8 Å². The zero-order chi connectivity index (χ0) is 18.8. The maximum atomic E-state index is 12.9. The van der Waals surface area contributed by atoms with Gasteiger partial charge < -0.3 is 19.3 Å². The fourth-order valence-corrected chi connectivity index (χ4v) is 5.03. The second kappa shape index (κ2) is 7.86. The number of hydrogen-bond donors (Lipinski definition) is 1. The average molecular weight is 388 g/mol. The molecule has 2 saturated heterocycles. The smallest absolute Gasteiger partial charge is 0.277 e. The van der Waals surface area contributed by atoms with Crippen molar-refractivity contribution in [3.8, 4) is 0 Å². The SMILES string of the molecule is Cn1cccc1[C@@H]1CCC[NH+]1CC(=O)N1CCN(C(=O)c2cccs2)CC1. The van der Waals surface area contributed by atoms with E-state index in [1.807, 2.05) is 27.3 Å². The third kappa shape index (κ3) is 3.80. The van der Waals surface area contributed by atoms with Crippen molar-refractivity contribution in [1.29, 1.82) is 0 Å². The summed E-state index contributed by atoms with van der Waals surface area (Å²) in [5.41, 5.74) is 1.32. The molecule has 4 rings (SSSR count). The molecule has 6 nitrogen and oxygen atoms in total. The standard InChI is InChI=1S/C20H26N4O2S/c1-21-8-2-5-16(21)17-6-3-9-24(17)15-19(25)22-10-12-23(13-11-22)20(26)18-7-4-14-27-18/h2,4-5,7-8,14,17H,3,6,9-13,15H2,1H3/p+1/t17-/m0/s1. The maximum Gasteiger partial charge on any atom is 0.277 e. The Labute approximate surface area is 164 Å². The molecule has 2 aliphatic rings. The van der Waals surface area contributed by atoms with Crippen LogP contribution in [-0.4, -0.2) is 65.4 Å². The Hall–Kier alpha value is -2.12. The number of thiophene rings is 1. The lowest BCUT2D eigenvalue weighted by Gasteiger charge is -2.35.